The van der Waals surface area contributed by atoms with Crippen molar-refractivity contribution in [3.8, 4) is 0 Å². The number of hydrogen-bond donors (Lipinski definition) is 1. The molecule has 0 aromatic carbocycles. The molecule has 2 heterocycles. The quantitative estimate of drug-likeness (QED) is 0.477. The first-order valence-electron chi connectivity index (χ1n) is 2.95. The smallest absolute Gasteiger partial charge is 0.331 e. The number of nitrogens with zero attached hydrogens (tertiary/aromatic N) is 1. The van der Waals surface area contributed by atoms with Gasteiger partial charge in [0.15, 0.2) is 0 Å². The van der Waals surface area contributed by atoms with Gasteiger partial charge in [0.1, 0.15) is 0 Å². The van der Waals surface area contributed by atoms with Gasteiger partial charge in [-0.3, -0.25) is 0 Å². The maximum Gasteiger partial charge on any atom is 0.337 e. The zero-order valence-corrected chi connectivity index (χ0v) is 5.65. The lowest BCUT2D eigenvalue weighted by Gasteiger charge is -2.00. The predicted octanol–water partition coefficient (Wildman–Crippen LogP) is -0.202. The second-order valence-electron chi connectivity index (χ2n) is 2.29. The van der Waals surface area contributed by atoms with Crippen LogP contribution >= 0.6 is 11.8 Å². The maximum atomic E-state index is 10.6. The third-order valence-corrected chi connectivity index (χ3v) is 2.81. The van der Waals surface area contributed by atoms with Crippen molar-refractivity contribution in [1.82, 2.24) is 10.6 Å². The van der Waals surface area contributed by atoms with Crippen molar-refractivity contribution in [2.24, 2.45) is 0 Å². The second-order valence-corrected chi connectivity index (χ2v) is 3.36. The first-order valence-corrected chi connectivity index (χ1v) is 4.11. The minimum Gasteiger partial charge on any atom is -0.331 e. The van der Waals surface area contributed by atoms with E-state index in [1.807, 2.05) is 11.8 Å². The highest BCUT2D eigenvalue weighted by atomic mass is 32.2. The zero-order chi connectivity index (χ0) is 6.27. The molecule has 0 aromatic rings. The minimum absolute atomic E-state index is 0.120. The van der Waals surface area contributed by atoms with Crippen LogP contribution in [0.2, 0.25) is 0 Å². The van der Waals surface area contributed by atoms with Gasteiger partial charge in [-0.15, -0.1) is 0 Å². The Hall–Kier alpha value is -0.380. The number of carbonyl (C=O) groups is 1. The minimum atomic E-state index is -0.120. The summed E-state index contributed by atoms with van der Waals surface area (Å²) in [4.78, 5) is 10.6. The van der Waals surface area contributed by atoms with Crippen LogP contribution in [0.4, 0.5) is 4.79 Å². The first kappa shape index (κ1) is 5.41. The molecule has 1 radical (unpaired) electrons. The van der Waals surface area contributed by atoms with Crippen molar-refractivity contribution in [3.05, 3.63) is 0 Å². The summed E-state index contributed by atoms with van der Waals surface area (Å²) in [5.74, 6) is 2.06. The molecule has 1 N–H and O–H groups in total. The molecular weight excluding hydrogens is 136 g/mol. The number of fused-ring (bicyclic) bond motifs is 1. The van der Waals surface area contributed by atoms with Gasteiger partial charge in [-0.2, -0.15) is 11.8 Å². The Labute approximate surface area is 57.6 Å². The van der Waals surface area contributed by atoms with Crippen LogP contribution in [-0.2, 0) is 0 Å². The fourth-order valence-corrected chi connectivity index (χ4v) is 2.40. The van der Waals surface area contributed by atoms with Crippen LogP contribution in [0.5, 0.6) is 0 Å². The average Bonchev–Trinajstić information content (AvgIpc) is 2.22. The monoisotopic (exact) mass is 143 g/mol. The number of rotatable bonds is 0. The van der Waals surface area contributed by atoms with Crippen molar-refractivity contribution < 1.29 is 4.79 Å². The van der Waals surface area contributed by atoms with Gasteiger partial charge in [0.2, 0.25) is 0 Å². The number of nitrogens with one attached hydrogen (secondary N) is 1. The molecule has 2 atom stereocenters. The van der Waals surface area contributed by atoms with Gasteiger partial charge >= 0.3 is 6.03 Å². The lowest BCUT2D eigenvalue weighted by atomic mass is 10.2. The third kappa shape index (κ3) is 0.775. The first-order chi connectivity index (χ1) is 4.36. The van der Waals surface area contributed by atoms with Gasteiger partial charge in [-0.1, -0.05) is 0 Å². The van der Waals surface area contributed by atoms with E-state index in [4.69, 9.17) is 0 Å². The molecular formula is C5H7N2OS. The van der Waals surface area contributed by atoms with Crippen molar-refractivity contribution >= 4 is 17.8 Å². The lowest BCUT2D eigenvalue weighted by Crippen LogP contribution is -2.29. The number of thioether (sulfide) groups is 1. The second kappa shape index (κ2) is 1.80. The normalized spacial score (nSPS) is 39.8. The summed E-state index contributed by atoms with van der Waals surface area (Å²) < 4.78 is 0. The molecule has 0 saturated carbocycles. The number of amides is 2. The van der Waals surface area contributed by atoms with E-state index in [2.05, 4.69) is 10.6 Å². The topological polar surface area (TPSA) is 43.2 Å². The van der Waals surface area contributed by atoms with Gasteiger partial charge in [0.05, 0.1) is 12.1 Å². The largest absolute Gasteiger partial charge is 0.337 e. The molecule has 2 unspecified atom stereocenters. The Morgan fingerprint density at radius 3 is 3.33 bits per heavy atom. The number of hydrogen-bond acceptors (Lipinski definition) is 2. The van der Waals surface area contributed by atoms with E-state index in [0.29, 0.717) is 6.04 Å². The van der Waals surface area contributed by atoms with E-state index < -0.39 is 0 Å². The molecule has 0 bridgehead atoms. The molecule has 4 heteroatoms. The Morgan fingerprint density at radius 1 is 1.67 bits per heavy atom. The van der Waals surface area contributed by atoms with Gasteiger partial charge < -0.3 is 5.32 Å². The van der Waals surface area contributed by atoms with Gasteiger partial charge in [0, 0.05) is 11.5 Å². The molecule has 2 fully saturated rings. The van der Waals surface area contributed by atoms with E-state index in [1.54, 1.807) is 0 Å². The molecule has 0 spiro atoms. The molecule has 2 rings (SSSR count). The lowest BCUT2D eigenvalue weighted by molar-refractivity contribution is 0.246. The Morgan fingerprint density at radius 2 is 2.56 bits per heavy atom. The third-order valence-electron chi connectivity index (χ3n) is 1.64. The summed E-state index contributed by atoms with van der Waals surface area (Å²) in [7, 11) is 0. The highest BCUT2D eigenvalue weighted by molar-refractivity contribution is 7.99. The number of urea groups is 1. The zero-order valence-electron chi connectivity index (χ0n) is 4.83. The van der Waals surface area contributed by atoms with Crippen LogP contribution in [0, 0.1) is 0 Å². The molecule has 2 aliphatic rings. The van der Waals surface area contributed by atoms with Crippen molar-refractivity contribution in [2.75, 3.05) is 11.5 Å². The molecule has 9 heavy (non-hydrogen) atoms. The molecule has 3 nitrogen and oxygen atoms in total. The molecule has 2 amide bonds. The summed E-state index contributed by atoms with van der Waals surface area (Å²) in [5, 5.41) is 6.67. The fourth-order valence-electron chi connectivity index (χ4n) is 1.15. The highest BCUT2D eigenvalue weighted by Crippen LogP contribution is 2.21. The van der Waals surface area contributed by atoms with E-state index in [0.717, 1.165) is 11.5 Å². The van der Waals surface area contributed by atoms with Crippen molar-refractivity contribution in [2.45, 2.75) is 12.1 Å². The Balaban J connectivity index is 2.09. The van der Waals surface area contributed by atoms with Gasteiger partial charge in [0.25, 0.3) is 0 Å². The SMILES string of the molecule is O=C1[N]C2CSCC2N1. The van der Waals surface area contributed by atoms with E-state index in [1.165, 1.54) is 0 Å². The summed E-state index contributed by atoms with van der Waals surface area (Å²) >= 11 is 1.86. The van der Waals surface area contributed by atoms with E-state index >= 15 is 0 Å². The van der Waals surface area contributed by atoms with E-state index in [-0.39, 0.29) is 12.1 Å². The number of carbonyl (C=O) groups excluding carboxylic acids is 1. The predicted molar refractivity (Wildman–Crippen MR) is 35.6 cm³/mol. The van der Waals surface area contributed by atoms with Crippen LogP contribution in [0.15, 0.2) is 0 Å². The summed E-state index contributed by atoms with van der Waals surface area (Å²) in [6.45, 7) is 0. The Bertz CT molecular complexity index is 136. The maximum absolute atomic E-state index is 10.6. The Kier molecular flexibility index (Phi) is 1.08. The van der Waals surface area contributed by atoms with Gasteiger partial charge in [-0.05, 0) is 0 Å². The summed E-state index contributed by atoms with van der Waals surface area (Å²) in [6.07, 6.45) is 0. The van der Waals surface area contributed by atoms with Crippen molar-refractivity contribution in [1.29, 1.82) is 0 Å². The molecule has 0 aliphatic carbocycles. The molecule has 49 valence electrons. The molecule has 2 aliphatic heterocycles. The van der Waals surface area contributed by atoms with Crippen LogP contribution in [0.3, 0.4) is 0 Å². The standard InChI is InChI=1S/C5H7N2OS/c8-5-6-3-1-9-2-4(3)7-5/h3-4H,1-2H2,(H,6,8). The highest BCUT2D eigenvalue weighted by Gasteiger charge is 2.37. The fraction of sp³-hybridized carbons (Fsp3) is 0.800. The summed E-state index contributed by atoms with van der Waals surface area (Å²) in [6, 6.07) is 0.510. The van der Waals surface area contributed by atoms with Crippen LogP contribution in [0.25, 0.3) is 0 Å². The van der Waals surface area contributed by atoms with E-state index in [9.17, 15) is 4.79 Å². The van der Waals surface area contributed by atoms with Crippen LogP contribution in [-0.4, -0.2) is 29.6 Å². The van der Waals surface area contributed by atoms with Crippen molar-refractivity contribution in [3.63, 3.8) is 0 Å². The summed E-state index contributed by atoms with van der Waals surface area (Å²) in [5.41, 5.74) is 0. The van der Waals surface area contributed by atoms with Crippen LogP contribution < -0.4 is 10.6 Å². The average molecular weight is 143 g/mol. The molecule has 2 saturated heterocycles. The van der Waals surface area contributed by atoms with Crippen LogP contribution in [0.1, 0.15) is 0 Å². The van der Waals surface area contributed by atoms with Gasteiger partial charge in [-0.25, -0.2) is 10.1 Å². The molecule has 0 aromatic heterocycles.